The number of para-hydroxylation sites is 1. The third-order valence-corrected chi connectivity index (χ3v) is 3.60. The molecule has 1 amide bonds. The van der Waals surface area contributed by atoms with Crippen LogP contribution in [-0.4, -0.2) is 15.9 Å². The van der Waals surface area contributed by atoms with Crippen LogP contribution in [0.5, 0.6) is 0 Å². The summed E-state index contributed by atoms with van der Waals surface area (Å²) in [6.45, 7) is 0.230. The molecule has 1 heterocycles. The van der Waals surface area contributed by atoms with Crippen molar-refractivity contribution in [1.29, 1.82) is 5.26 Å². The summed E-state index contributed by atoms with van der Waals surface area (Å²) in [5, 5.41) is 14.6. The second-order valence-corrected chi connectivity index (χ2v) is 5.35. The fourth-order valence-corrected chi connectivity index (χ4v) is 2.24. The molecule has 7 heteroatoms. The minimum atomic E-state index is -0.423. The maximum absolute atomic E-state index is 13.6. The number of benzene rings is 2. The van der Waals surface area contributed by atoms with E-state index < -0.39 is 5.91 Å². The van der Waals surface area contributed by atoms with Crippen LogP contribution < -0.4 is 10.6 Å². The van der Waals surface area contributed by atoms with Gasteiger partial charge in [0.05, 0.1) is 16.8 Å². The lowest BCUT2D eigenvalue weighted by Gasteiger charge is -2.08. The Morgan fingerprint density at radius 3 is 2.50 bits per heavy atom. The number of anilines is 2. The van der Waals surface area contributed by atoms with E-state index in [1.807, 2.05) is 6.07 Å². The molecule has 0 aliphatic carbocycles. The molecule has 0 fully saturated rings. The van der Waals surface area contributed by atoms with Gasteiger partial charge in [-0.25, -0.2) is 14.4 Å². The maximum Gasteiger partial charge on any atom is 0.258 e. The average molecular weight is 347 g/mol. The third kappa shape index (κ3) is 3.99. The molecule has 0 unspecified atom stereocenters. The molecule has 128 valence electrons. The Bertz CT molecular complexity index is 966. The Hall–Kier alpha value is -3.79. The van der Waals surface area contributed by atoms with Crippen LogP contribution in [0.15, 0.2) is 60.9 Å². The Morgan fingerprint density at radius 1 is 1.08 bits per heavy atom. The number of nitriles is 1. The molecule has 3 aromatic rings. The van der Waals surface area contributed by atoms with E-state index in [1.165, 1.54) is 18.5 Å². The molecule has 0 saturated carbocycles. The van der Waals surface area contributed by atoms with Crippen molar-refractivity contribution in [2.75, 3.05) is 10.6 Å². The number of rotatable bonds is 5. The minimum Gasteiger partial charge on any atom is -0.350 e. The standard InChI is InChI=1S/C19H14FN5O/c20-16-7-3-1-6-14(16)10-22-19-23-11-15(12-24-19)18(26)25-17-8-4-2-5-13(17)9-21/h1-8,11-12H,10H2,(H,25,26)(H,22,23,24). The van der Waals surface area contributed by atoms with Crippen LogP contribution in [0.4, 0.5) is 16.0 Å². The van der Waals surface area contributed by atoms with Gasteiger partial charge in [-0.3, -0.25) is 4.79 Å². The number of carbonyl (C=O) groups is 1. The van der Waals surface area contributed by atoms with Gasteiger partial charge in [0.25, 0.3) is 5.91 Å². The van der Waals surface area contributed by atoms with Gasteiger partial charge in [-0.05, 0) is 18.2 Å². The van der Waals surface area contributed by atoms with Crippen molar-refractivity contribution in [3.05, 3.63) is 83.4 Å². The Balaban J connectivity index is 1.65. The van der Waals surface area contributed by atoms with Crippen LogP contribution in [0, 0.1) is 17.1 Å². The lowest BCUT2D eigenvalue weighted by Crippen LogP contribution is -2.14. The molecule has 2 N–H and O–H groups in total. The first kappa shape index (κ1) is 17.0. The first-order chi connectivity index (χ1) is 12.7. The number of hydrogen-bond acceptors (Lipinski definition) is 5. The van der Waals surface area contributed by atoms with Crippen molar-refractivity contribution < 1.29 is 9.18 Å². The quantitative estimate of drug-likeness (QED) is 0.738. The summed E-state index contributed by atoms with van der Waals surface area (Å²) >= 11 is 0. The molecule has 0 radical (unpaired) electrons. The van der Waals surface area contributed by atoms with Gasteiger partial charge in [0.1, 0.15) is 11.9 Å². The van der Waals surface area contributed by atoms with Gasteiger partial charge in [0.15, 0.2) is 0 Å². The van der Waals surface area contributed by atoms with E-state index in [2.05, 4.69) is 20.6 Å². The van der Waals surface area contributed by atoms with Crippen molar-refractivity contribution in [2.24, 2.45) is 0 Å². The van der Waals surface area contributed by atoms with Gasteiger partial charge in [0.2, 0.25) is 5.95 Å². The molecule has 0 atom stereocenters. The van der Waals surface area contributed by atoms with Crippen LogP contribution in [0.3, 0.4) is 0 Å². The van der Waals surface area contributed by atoms with E-state index in [0.29, 0.717) is 16.8 Å². The molecule has 0 bridgehead atoms. The highest BCUT2D eigenvalue weighted by molar-refractivity contribution is 6.04. The van der Waals surface area contributed by atoms with Crippen LogP contribution in [0.2, 0.25) is 0 Å². The molecular formula is C19H14FN5O. The molecule has 3 rings (SSSR count). The topological polar surface area (TPSA) is 90.7 Å². The lowest BCUT2D eigenvalue weighted by molar-refractivity contribution is 0.102. The normalized spacial score (nSPS) is 10.0. The zero-order valence-electron chi connectivity index (χ0n) is 13.6. The van der Waals surface area contributed by atoms with E-state index in [-0.39, 0.29) is 23.9 Å². The fraction of sp³-hybridized carbons (Fsp3) is 0.0526. The fourth-order valence-electron chi connectivity index (χ4n) is 2.24. The van der Waals surface area contributed by atoms with Gasteiger partial charge >= 0.3 is 0 Å². The SMILES string of the molecule is N#Cc1ccccc1NC(=O)c1cnc(NCc2ccccc2F)nc1. The summed E-state index contributed by atoms with van der Waals surface area (Å²) in [7, 11) is 0. The predicted molar refractivity (Wildman–Crippen MR) is 94.9 cm³/mol. The molecule has 0 aliphatic heterocycles. The van der Waals surface area contributed by atoms with E-state index in [1.54, 1.807) is 42.5 Å². The molecule has 0 saturated heterocycles. The van der Waals surface area contributed by atoms with E-state index >= 15 is 0 Å². The van der Waals surface area contributed by atoms with Crippen molar-refractivity contribution >= 4 is 17.5 Å². The summed E-state index contributed by atoms with van der Waals surface area (Å²) in [6, 6.07) is 15.1. The van der Waals surface area contributed by atoms with Gasteiger partial charge in [-0.15, -0.1) is 0 Å². The highest BCUT2D eigenvalue weighted by Crippen LogP contribution is 2.15. The highest BCUT2D eigenvalue weighted by Gasteiger charge is 2.10. The first-order valence-electron chi connectivity index (χ1n) is 7.77. The number of carbonyl (C=O) groups excluding carboxylic acids is 1. The Labute approximate surface area is 149 Å². The van der Waals surface area contributed by atoms with Gasteiger partial charge in [-0.1, -0.05) is 30.3 Å². The van der Waals surface area contributed by atoms with Crippen LogP contribution in [0.25, 0.3) is 0 Å². The lowest BCUT2D eigenvalue weighted by atomic mass is 10.2. The first-order valence-corrected chi connectivity index (χ1v) is 7.77. The molecule has 0 aliphatic rings. The molecular weight excluding hydrogens is 333 g/mol. The van der Waals surface area contributed by atoms with Crippen molar-refractivity contribution in [1.82, 2.24) is 9.97 Å². The van der Waals surface area contributed by atoms with E-state index in [0.717, 1.165) is 0 Å². The number of nitrogens with zero attached hydrogens (tertiary/aromatic N) is 3. The van der Waals surface area contributed by atoms with Crippen molar-refractivity contribution in [3.8, 4) is 6.07 Å². The second-order valence-electron chi connectivity index (χ2n) is 5.35. The molecule has 0 spiro atoms. The van der Waals surface area contributed by atoms with E-state index in [4.69, 9.17) is 5.26 Å². The third-order valence-electron chi connectivity index (χ3n) is 3.60. The number of amides is 1. The van der Waals surface area contributed by atoms with Crippen LogP contribution >= 0.6 is 0 Å². The molecule has 26 heavy (non-hydrogen) atoms. The summed E-state index contributed by atoms with van der Waals surface area (Å²) in [5.41, 5.74) is 1.52. The Kier molecular flexibility index (Phi) is 5.15. The summed E-state index contributed by atoms with van der Waals surface area (Å²) in [6.07, 6.45) is 2.72. The van der Waals surface area contributed by atoms with Crippen molar-refractivity contribution in [3.63, 3.8) is 0 Å². The average Bonchev–Trinajstić information content (AvgIpc) is 2.68. The van der Waals surface area contributed by atoms with Crippen LogP contribution in [-0.2, 0) is 6.54 Å². The molecule has 2 aromatic carbocycles. The summed E-state index contributed by atoms with van der Waals surface area (Å²) in [4.78, 5) is 20.4. The highest BCUT2D eigenvalue weighted by atomic mass is 19.1. The smallest absolute Gasteiger partial charge is 0.258 e. The predicted octanol–water partition coefficient (Wildman–Crippen LogP) is 3.35. The Morgan fingerprint density at radius 2 is 1.77 bits per heavy atom. The number of hydrogen-bond donors (Lipinski definition) is 2. The van der Waals surface area contributed by atoms with Gasteiger partial charge in [-0.2, -0.15) is 5.26 Å². The van der Waals surface area contributed by atoms with Gasteiger partial charge < -0.3 is 10.6 Å². The number of halogens is 1. The van der Waals surface area contributed by atoms with Crippen LogP contribution in [0.1, 0.15) is 21.5 Å². The zero-order valence-corrected chi connectivity index (χ0v) is 13.6. The summed E-state index contributed by atoms with van der Waals surface area (Å²) in [5.74, 6) is -0.456. The maximum atomic E-state index is 13.6. The zero-order chi connectivity index (χ0) is 18.4. The number of aromatic nitrogens is 2. The van der Waals surface area contributed by atoms with Gasteiger partial charge in [0, 0.05) is 24.5 Å². The number of nitrogens with one attached hydrogen (secondary N) is 2. The second kappa shape index (κ2) is 7.85. The minimum absolute atomic E-state index is 0.230. The monoisotopic (exact) mass is 347 g/mol. The van der Waals surface area contributed by atoms with Crippen molar-refractivity contribution in [2.45, 2.75) is 6.54 Å². The summed E-state index contributed by atoms with van der Waals surface area (Å²) < 4.78 is 13.6. The molecule has 1 aromatic heterocycles. The van der Waals surface area contributed by atoms with E-state index in [9.17, 15) is 9.18 Å². The molecule has 6 nitrogen and oxygen atoms in total. The largest absolute Gasteiger partial charge is 0.350 e.